The van der Waals surface area contributed by atoms with E-state index in [1.165, 1.54) is 7.05 Å². The topological polar surface area (TPSA) is 145 Å². The van der Waals surface area contributed by atoms with Crippen LogP contribution in [0, 0.1) is 5.82 Å². The number of rotatable bonds is 4. The second-order valence-electron chi connectivity index (χ2n) is 3.89. The molecule has 4 N–H and O–H groups in total. The number of carbonyl (C=O) groups is 3. The zero-order chi connectivity index (χ0) is 16.9. The van der Waals surface area contributed by atoms with E-state index >= 15 is 0 Å². The maximum Gasteiger partial charge on any atom is 0.341 e. The van der Waals surface area contributed by atoms with Crippen LogP contribution >= 0.6 is 0 Å². The Bertz CT molecular complexity index is 719. The Morgan fingerprint density at radius 1 is 1.32 bits per heavy atom. The highest BCUT2D eigenvalue weighted by atomic mass is 32.2. The highest BCUT2D eigenvalue weighted by Crippen LogP contribution is 2.15. The number of nitrogens with two attached hydrogens (primary N) is 1. The summed E-state index contributed by atoms with van der Waals surface area (Å²) in [6.45, 7) is -0.856. The molecule has 120 valence electrons. The molecule has 0 aliphatic carbocycles. The van der Waals surface area contributed by atoms with Crippen LogP contribution in [0.15, 0.2) is 23.1 Å². The number of carbonyl (C=O) groups excluding carboxylic acids is 3. The molecule has 0 saturated carbocycles. The molecule has 3 amide bonds. The number of esters is 1. The van der Waals surface area contributed by atoms with E-state index in [1.54, 1.807) is 0 Å². The first-order chi connectivity index (χ1) is 10.1. The van der Waals surface area contributed by atoms with Gasteiger partial charge in [0, 0.05) is 7.05 Å². The summed E-state index contributed by atoms with van der Waals surface area (Å²) in [5.74, 6) is -3.28. The fourth-order valence-electron chi connectivity index (χ4n) is 1.27. The summed E-state index contributed by atoms with van der Waals surface area (Å²) in [7, 11) is -2.87. The highest BCUT2D eigenvalue weighted by Gasteiger charge is 2.19. The van der Waals surface area contributed by atoms with Crippen molar-refractivity contribution in [3.63, 3.8) is 0 Å². The number of primary sulfonamides is 1. The number of halogens is 1. The third kappa shape index (κ3) is 4.79. The average Bonchev–Trinajstić information content (AvgIpc) is 2.43. The van der Waals surface area contributed by atoms with Crippen molar-refractivity contribution in [3.8, 4) is 0 Å². The zero-order valence-electron chi connectivity index (χ0n) is 11.3. The number of hydrogen-bond donors (Lipinski definition) is 3. The van der Waals surface area contributed by atoms with Gasteiger partial charge in [0.05, 0.1) is 10.5 Å². The van der Waals surface area contributed by atoms with Crippen molar-refractivity contribution < 1.29 is 31.9 Å². The summed E-state index contributed by atoms with van der Waals surface area (Å²) < 4.78 is 40.2. The third-order valence-electron chi connectivity index (χ3n) is 2.30. The molecule has 0 bridgehead atoms. The number of urea groups is 1. The van der Waals surface area contributed by atoms with Gasteiger partial charge >= 0.3 is 12.0 Å². The minimum atomic E-state index is -4.13. The van der Waals surface area contributed by atoms with E-state index in [0.717, 1.165) is 12.1 Å². The van der Waals surface area contributed by atoms with Crippen LogP contribution in [-0.4, -0.2) is 40.0 Å². The Hall–Kier alpha value is -2.53. The normalized spacial score (nSPS) is 10.7. The van der Waals surface area contributed by atoms with Crippen LogP contribution in [0.3, 0.4) is 0 Å². The van der Waals surface area contributed by atoms with Crippen molar-refractivity contribution in [2.24, 2.45) is 5.14 Å². The van der Waals surface area contributed by atoms with Gasteiger partial charge in [-0.3, -0.25) is 10.1 Å². The first-order valence-electron chi connectivity index (χ1n) is 5.66. The molecule has 11 heteroatoms. The van der Waals surface area contributed by atoms with Crippen LogP contribution in [0.25, 0.3) is 0 Å². The largest absolute Gasteiger partial charge is 0.452 e. The van der Waals surface area contributed by atoms with E-state index in [2.05, 4.69) is 10.1 Å². The minimum Gasteiger partial charge on any atom is -0.452 e. The molecule has 1 aromatic carbocycles. The first kappa shape index (κ1) is 17.5. The summed E-state index contributed by atoms with van der Waals surface area (Å²) in [5.41, 5.74) is -0.709. The van der Waals surface area contributed by atoms with Crippen LogP contribution in [0.4, 0.5) is 9.18 Å². The average molecular weight is 333 g/mol. The molecule has 0 spiro atoms. The van der Waals surface area contributed by atoms with Crippen molar-refractivity contribution in [1.82, 2.24) is 10.6 Å². The van der Waals surface area contributed by atoms with Gasteiger partial charge in [-0.2, -0.15) is 0 Å². The number of sulfonamides is 1. The molecular formula is C11H12FN3O6S. The molecule has 22 heavy (non-hydrogen) atoms. The third-order valence-corrected chi connectivity index (χ3v) is 3.21. The molecule has 0 aliphatic heterocycles. The number of ether oxygens (including phenoxy) is 1. The summed E-state index contributed by atoms with van der Waals surface area (Å²) >= 11 is 0. The number of hydrogen-bond acceptors (Lipinski definition) is 6. The van der Waals surface area contributed by atoms with E-state index in [1.807, 2.05) is 5.32 Å². The lowest BCUT2D eigenvalue weighted by atomic mass is 10.2. The van der Waals surface area contributed by atoms with Crippen LogP contribution < -0.4 is 15.8 Å². The van der Waals surface area contributed by atoms with E-state index in [-0.39, 0.29) is 0 Å². The fraction of sp³-hybridized carbons (Fsp3) is 0.182. The predicted octanol–water partition coefficient (Wildman–Crippen LogP) is -0.914. The van der Waals surface area contributed by atoms with E-state index in [4.69, 9.17) is 5.14 Å². The Balaban J connectivity index is 2.82. The van der Waals surface area contributed by atoms with Gasteiger partial charge in [0.15, 0.2) is 6.61 Å². The molecule has 0 unspecified atom stereocenters. The van der Waals surface area contributed by atoms with Gasteiger partial charge in [-0.05, 0) is 18.2 Å². The van der Waals surface area contributed by atoms with Gasteiger partial charge < -0.3 is 10.1 Å². The smallest absolute Gasteiger partial charge is 0.341 e. The van der Waals surface area contributed by atoms with Crippen molar-refractivity contribution >= 4 is 27.9 Å². The van der Waals surface area contributed by atoms with Gasteiger partial charge in [0.1, 0.15) is 5.82 Å². The van der Waals surface area contributed by atoms with Crippen molar-refractivity contribution in [2.75, 3.05) is 13.7 Å². The van der Waals surface area contributed by atoms with Gasteiger partial charge in [-0.15, -0.1) is 0 Å². The standard InChI is InChI=1S/C11H12FN3O6S/c1-14-11(18)15-9(16)5-21-10(17)7-4-6(22(13,19)20)2-3-8(7)12/h2-4H,5H2,1H3,(H2,13,19,20)(H2,14,15,16,18). The van der Waals surface area contributed by atoms with Gasteiger partial charge in [-0.25, -0.2) is 27.5 Å². The second-order valence-corrected chi connectivity index (χ2v) is 5.45. The predicted molar refractivity (Wildman–Crippen MR) is 70.7 cm³/mol. The maximum atomic E-state index is 13.5. The van der Waals surface area contributed by atoms with Gasteiger partial charge in [0.2, 0.25) is 10.0 Å². The number of nitrogens with one attached hydrogen (secondary N) is 2. The lowest BCUT2D eigenvalue weighted by Gasteiger charge is -2.07. The van der Waals surface area contributed by atoms with Crippen LogP contribution in [0.1, 0.15) is 10.4 Å². The lowest BCUT2D eigenvalue weighted by Crippen LogP contribution is -2.39. The van der Waals surface area contributed by atoms with Crippen molar-refractivity contribution in [2.45, 2.75) is 4.90 Å². The van der Waals surface area contributed by atoms with E-state index in [0.29, 0.717) is 6.07 Å². The summed E-state index contributed by atoms with van der Waals surface area (Å²) in [6.07, 6.45) is 0. The minimum absolute atomic E-state index is 0.490. The lowest BCUT2D eigenvalue weighted by molar-refractivity contribution is -0.123. The van der Waals surface area contributed by atoms with Crippen molar-refractivity contribution in [3.05, 3.63) is 29.6 Å². The summed E-state index contributed by atoms with van der Waals surface area (Å²) in [6, 6.07) is 1.47. The first-order valence-corrected chi connectivity index (χ1v) is 7.21. The maximum absolute atomic E-state index is 13.5. The summed E-state index contributed by atoms with van der Waals surface area (Å²) in [4.78, 5) is 33.2. The fourth-order valence-corrected chi connectivity index (χ4v) is 1.81. The molecule has 0 aromatic heterocycles. The van der Waals surface area contributed by atoms with Crippen LogP contribution in [0.2, 0.25) is 0 Å². The number of amides is 3. The van der Waals surface area contributed by atoms with Crippen LogP contribution in [0.5, 0.6) is 0 Å². The zero-order valence-corrected chi connectivity index (χ0v) is 12.1. The van der Waals surface area contributed by atoms with Crippen LogP contribution in [-0.2, 0) is 19.6 Å². The molecule has 1 rings (SSSR count). The van der Waals surface area contributed by atoms with E-state index < -0.39 is 50.8 Å². The molecule has 9 nitrogen and oxygen atoms in total. The van der Waals surface area contributed by atoms with Gasteiger partial charge in [-0.1, -0.05) is 0 Å². The monoisotopic (exact) mass is 333 g/mol. The Morgan fingerprint density at radius 3 is 2.50 bits per heavy atom. The SMILES string of the molecule is CNC(=O)NC(=O)COC(=O)c1cc(S(N)(=O)=O)ccc1F. The number of benzene rings is 1. The quantitative estimate of drug-likeness (QED) is 0.608. The summed E-state index contributed by atoms with van der Waals surface area (Å²) in [5, 5.41) is 8.76. The highest BCUT2D eigenvalue weighted by molar-refractivity contribution is 7.89. The van der Waals surface area contributed by atoms with Crippen molar-refractivity contribution in [1.29, 1.82) is 0 Å². The second kappa shape index (κ2) is 6.95. The molecule has 0 heterocycles. The Kier molecular flexibility index (Phi) is 5.54. The Labute approximate surface area is 124 Å². The number of imide groups is 1. The molecule has 1 aromatic rings. The van der Waals surface area contributed by atoms with E-state index in [9.17, 15) is 27.2 Å². The molecule has 0 radical (unpaired) electrons. The Morgan fingerprint density at radius 2 is 1.95 bits per heavy atom. The molecular weight excluding hydrogens is 321 g/mol. The molecule has 0 aliphatic rings. The molecule has 0 saturated heterocycles. The molecule has 0 atom stereocenters. The molecule has 0 fully saturated rings. The van der Waals surface area contributed by atoms with Gasteiger partial charge in [0.25, 0.3) is 5.91 Å².